The third-order valence-electron chi connectivity index (χ3n) is 4.84. The van der Waals surface area contributed by atoms with Gasteiger partial charge in [-0.3, -0.25) is 0 Å². The number of hydrogen-bond donors (Lipinski definition) is 3. The highest BCUT2D eigenvalue weighted by atomic mass is 32.2. The fourth-order valence-electron chi connectivity index (χ4n) is 3.29. The molecule has 182 valence electrons. The summed E-state index contributed by atoms with van der Waals surface area (Å²) in [6.45, 7) is 7.92. The number of benzene rings is 2. The van der Waals surface area contributed by atoms with E-state index in [9.17, 15) is 8.42 Å². The topological polar surface area (TPSA) is 127 Å². The van der Waals surface area contributed by atoms with Gasteiger partial charge in [0, 0.05) is 28.7 Å². The highest BCUT2D eigenvalue weighted by Crippen LogP contribution is 2.23. The molecule has 0 amide bonds. The Labute approximate surface area is 204 Å². The number of sulfonamides is 1. The van der Waals surface area contributed by atoms with Gasteiger partial charge in [0.1, 0.15) is 18.5 Å². The van der Waals surface area contributed by atoms with Crippen LogP contribution in [0.3, 0.4) is 0 Å². The lowest BCUT2D eigenvalue weighted by atomic mass is 10.1. The quantitative estimate of drug-likeness (QED) is 0.337. The summed E-state index contributed by atoms with van der Waals surface area (Å²) in [6.07, 6.45) is 4.89. The van der Waals surface area contributed by atoms with E-state index in [4.69, 9.17) is 0 Å². The minimum Gasteiger partial charge on any atom is -0.340 e. The van der Waals surface area contributed by atoms with E-state index in [0.717, 1.165) is 16.8 Å². The molecular formula is C24H28N8O2S. The molecule has 2 aromatic heterocycles. The molecule has 0 saturated heterocycles. The molecule has 35 heavy (non-hydrogen) atoms. The zero-order chi connectivity index (χ0) is 25.1. The summed E-state index contributed by atoms with van der Waals surface area (Å²) in [4.78, 5) is 13.1. The molecule has 2 aromatic carbocycles. The Kier molecular flexibility index (Phi) is 6.81. The SMILES string of the molecule is Cc1cnc(Nc2ccc(Cn3cncn3)cc2)nc1Nc1cccc(S(=O)(=O)NC(C)(C)C)c1. The predicted molar refractivity (Wildman–Crippen MR) is 135 cm³/mol. The molecule has 0 bridgehead atoms. The first kappa shape index (κ1) is 24.3. The van der Waals surface area contributed by atoms with Gasteiger partial charge in [-0.2, -0.15) is 10.1 Å². The molecule has 0 spiro atoms. The zero-order valence-corrected chi connectivity index (χ0v) is 20.8. The molecule has 0 atom stereocenters. The van der Waals surface area contributed by atoms with Crippen molar-refractivity contribution >= 4 is 33.2 Å². The number of aryl methyl sites for hydroxylation is 1. The van der Waals surface area contributed by atoms with Crippen molar-refractivity contribution in [3.63, 3.8) is 0 Å². The van der Waals surface area contributed by atoms with E-state index in [1.54, 1.807) is 62.2 Å². The summed E-state index contributed by atoms with van der Waals surface area (Å²) < 4.78 is 29.8. The summed E-state index contributed by atoms with van der Waals surface area (Å²) in [7, 11) is -3.66. The van der Waals surface area contributed by atoms with Crippen LogP contribution in [-0.4, -0.2) is 38.7 Å². The molecule has 11 heteroatoms. The van der Waals surface area contributed by atoms with Gasteiger partial charge in [-0.05, 0) is 63.6 Å². The van der Waals surface area contributed by atoms with Crippen LogP contribution in [0.5, 0.6) is 0 Å². The van der Waals surface area contributed by atoms with Gasteiger partial charge in [0.2, 0.25) is 16.0 Å². The lowest BCUT2D eigenvalue weighted by Crippen LogP contribution is -2.40. The Morgan fingerprint density at radius 1 is 1.00 bits per heavy atom. The summed E-state index contributed by atoms with van der Waals surface area (Å²) in [5.74, 6) is 0.990. The van der Waals surface area contributed by atoms with Gasteiger partial charge in [0.25, 0.3) is 0 Å². The van der Waals surface area contributed by atoms with Crippen LogP contribution in [0.4, 0.5) is 23.1 Å². The van der Waals surface area contributed by atoms with Gasteiger partial charge in [-0.15, -0.1) is 0 Å². The summed E-state index contributed by atoms with van der Waals surface area (Å²) in [5.41, 5.74) is 2.76. The van der Waals surface area contributed by atoms with Crippen LogP contribution in [-0.2, 0) is 16.6 Å². The molecule has 0 aliphatic heterocycles. The van der Waals surface area contributed by atoms with E-state index in [1.807, 2.05) is 31.2 Å². The molecule has 0 aliphatic carbocycles. The minimum absolute atomic E-state index is 0.175. The second-order valence-corrected chi connectivity index (χ2v) is 10.8. The van der Waals surface area contributed by atoms with Crippen molar-refractivity contribution in [2.24, 2.45) is 0 Å². The maximum absolute atomic E-state index is 12.7. The monoisotopic (exact) mass is 492 g/mol. The number of nitrogens with one attached hydrogen (secondary N) is 3. The first-order valence-electron chi connectivity index (χ1n) is 11.0. The van der Waals surface area contributed by atoms with Crippen molar-refractivity contribution in [3.8, 4) is 0 Å². The number of aromatic nitrogens is 5. The fraction of sp³-hybridized carbons (Fsp3) is 0.250. The van der Waals surface area contributed by atoms with Crippen LogP contribution in [0.2, 0.25) is 0 Å². The van der Waals surface area contributed by atoms with Gasteiger partial charge >= 0.3 is 0 Å². The molecule has 0 radical (unpaired) electrons. The van der Waals surface area contributed by atoms with Crippen LogP contribution >= 0.6 is 0 Å². The Bertz CT molecular complexity index is 1400. The molecule has 2 heterocycles. The summed E-state index contributed by atoms with van der Waals surface area (Å²) in [6, 6.07) is 14.5. The van der Waals surface area contributed by atoms with Crippen molar-refractivity contribution in [3.05, 3.63) is 78.5 Å². The van der Waals surface area contributed by atoms with Crippen LogP contribution in [0.15, 0.2) is 72.3 Å². The van der Waals surface area contributed by atoms with Gasteiger partial charge in [0.15, 0.2) is 0 Å². The van der Waals surface area contributed by atoms with E-state index in [0.29, 0.717) is 24.0 Å². The largest absolute Gasteiger partial charge is 0.340 e. The molecule has 4 rings (SSSR count). The number of hydrogen-bond acceptors (Lipinski definition) is 8. The highest BCUT2D eigenvalue weighted by molar-refractivity contribution is 7.89. The van der Waals surface area contributed by atoms with E-state index < -0.39 is 15.6 Å². The maximum Gasteiger partial charge on any atom is 0.241 e. The standard InChI is InChI=1S/C24H28N8O2S/c1-17-13-26-23(29-19-10-8-18(9-11-19)14-32-16-25-15-27-32)30-22(17)28-20-6-5-7-21(12-20)35(33,34)31-24(2,3)4/h5-13,15-16,31H,14H2,1-4H3,(H2,26,28,29,30). The molecule has 0 saturated carbocycles. The Balaban J connectivity index is 1.48. The summed E-state index contributed by atoms with van der Waals surface area (Å²) >= 11 is 0. The Morgan fingerprint density at radius 2 is 1.77 bits per heavy atom. The number of nitrogens with zero attached hydrogens (tertiary/aromatic N) is 5. The molecular weight excluding hydrogens is 464 g/mol. The third kappa shape index (κ3) is 6.61. The molecule has 10 nitrogen and oxygen atoms in total. The van der Waals surface area contributed by atoms with E-state index in [1.165, 1.54) is 6.33 Å². The van der Waals surface area contributed by atoms with E-state index in [2.05, 4.69) is 35.4 Å². The van der Waals surface area contributed by atoms with Crippen molar-refractivity contribution in [1.29, 1.82) is 0 Å². The molecule has 0 fully saturated rings. The van der Waals surface area contributed by atoms with Crippen molar-refractivity contribution in [2.45, 2.75) is 44.7 Å². The first-order chi connectivity index (χ1) is 16.6. The second kappa shape index (κ2) is 9.80. The number of anilines is 4. The predicted octanol–water partition coefficient (Wildman–Crippen LogP) is 3.99. The second-order valence-electron chi connectivity index (χ2n) is 9.15. The normalized spacial score (nSPS) is 11.9. The lowest BCUT2D eigenvalue weighted by molar-refractivity contribution is 0.491. The molecule has 4 aromatic rings. The Hall–Kier alpha value is -3.83. The van der Waals surface area contributed by atoms with Crippen LogP contribution < -0.4 is 15.4 Å². The van der Waals surface area contributed by atoms with E-state index >= 15 is 0 Å². The maximum atomic E-state index is 12.7. The smallest absolute Gasteiger partial charge is 0.241 e. The van der Waals surface area contributed by atoms with E-state index in [-0.39, 0.29) is 4.90 Å². The van der Waals surface area contributed by atoms with Crippen LogP contribution in [0.25, 0.3) is 0 Å². The van der Waals surface area contributed by atoms with Crippen molar-refractivity contribution in [2.75, 3.05) is 10.6 Å². The first-order valence-corrected chi connectivity index (χ1v) is 12.5. The average molecular weight is 493 g/mol. The summed E-state index contributed by atoms with van der Waals surface area (Å²) in [5, 5.41) is 10.5. The van der Waals surface area contributed by atoms with Gasteiger partial charge < -0.3 is 10.6 Å². The zero-order valence-electron chi connectivity index (χ0n) is 20.0. The Morgan fingerprint density at radius 3 is 2.46 bits per heavy atom. The van der Waals surface area contributed by atoms with Gasteiger partial charge in [0.05, 0.1) is 11.4 Å². The van der Waals surface area contributed by atoms with Gasteiger partial charge in [-0.25, -0.2) is 27.8 Å². The number of rotatable bonds is 8. The van der Waals surface area contributed by atoms with Crippen LogP contribution in [0.1, 0.15) is 31.9 Å². The van der Waals surface area contributed by atoms with Crippen LogP contribution in [0, 0.1) is 6.92 Å². The van der Waals surface area contributed by atoms with Crippen molar-refractivity contribution < 1.29 is 8.42 Å². The molecule has 0 unspecified atom stereocenters. The lowest BCUT2D eigenvalue weighted by Gasteiger charge is -2.20. The fourth-order valence-corrected chi connectivity index (χ4v) is 4.76. The molecule has 0 aliphatic rings. The third-order valence-corrected chi connectivity index (χ3v) is 6.60. The minimum atomic E-state index is -3.66. The van der Waals surface area contributed by atoms with Gasteiger partial charge in [-0.1, -0.05) is 18.2 Å². The highest BCUT2D eigenvalue weighted by Gasteiger charge is 2.22. The molecule has 3 N–H and O–H groups in total. The van der Waals surface area contributed by atoms with Crippen molar-refractivity contribution in [1.82, 2.24) is 29.5 Å². The average Bonchev–Trinajstić information content (AvgIpc) is 3.29.